The van der Waals surface area contributed by atoms with Crippen molar-refractivity contribution in [2.45, 2.75) is 0 Å². The minimum Gasteiger partial charge on any atom is -0.299 e. The SMILES string of the molecule is CN1CCN(c2ccc(C#N)c[nH+]2)CC1. The van der Waals surface area contributed by atoms with E-state index in [1.807, 2.05) is 12.1 Å². The molecule has 0 saturated carbocycles. The Hall–Kier alpha value is -1.60. The number of rotatable bonds is 1. The van der Waals surface area contributed by atoms with Gasteiger partial charge in [-0.05, 0) is 13.1 Å². The highest BCUT2D eigenvalue weighted by Gasteiger charge is 2.20. The number of nitriles is 1. The number of aromatic amines is 1. The highest BCUT2D eigenvalue weighted by Crippen LogP contribution is 2.09. The third-order valence-corrected chi connectivity index (χ3v) is 2.77. The van der Waals surface area contributed by atoms with Gasteiger partial charge < -0.3 is 0 Å². The highest BCUT2D eigenvalue weighted by atomic mass is 15.3. The minimum absolute atomic E-state index is 0.674. The fourth-order valence-corrected chi connectivity index (χ4v) is 1.73. The van der Waals surface area contributed by atoms with Crippen LogP contribution in [0.15, 0.2) is 18.3 Å². The molecular weight excluding hydrogens is 188 g/mol. The Morgan fingerprint density at radius 2 is 2.00 bits per heavy atom. The van der Waals surface area contributed by atoms with Crippen LogP contribution in [0, 0.1) is 11.3 Å². The Kier molecular flexibility index (Phi) is 2.84. The predicted octanol–water partition coefficient (Wildman–Crippen LogP) is 0.124. The second-order valence-corrected chi connectivity index (χ2v) is 3.86. The van der Waals surface area contributed by atoms with Gasteiger partial charge in [0.05, 0.1) is 18.7 Å². The van der Waals surface area contributed by atoms with E-state index in [9.17, 15) is 0 Å². The lowest BCUT2D eigenvalue weighted by molar-refractivity contribution is -0.364. The number of anilines is 1. The number of pyridine rings is 1. The minimum atomic E-state index is 0.674. The van der Waals surface area contributed by atoms with Crippen LogP contribution in [0.4, 0.5) is 5.82 Å². The van der Waals surface area contributed by atoms with Gasteiger partial charge in [0.25, 0.3) is 5.82 Å². The van der Waals surface area contributed by atoms with Crippen molar-refractivity contribution < 1.29 is 4.98 Å². The Labute approximate surface area is 89.7 Å². The summed E-state index contributed by atoms with van der Waals surface area (Å²) in [6, 6.07) is 5.93. The van der Waals surface area contributed by atoms with Crippen LogP contribution in [0.3, 0.4) is 0 Å². The number of likely N-dealkylation sites (N-methyl/N-ethyl adjacent to an activating group) is 1. The molecule has 1 N–H and O–H groups in total. The van der Waals surface area contributed by atoms with Crippen LogP contribution < -0.4 is 9.88 Å². The first-order valence-electron chi connectivity index (χ1n) is 5.15. The lowest BCUT2D eigenvalue weighted by Crippen LogP contribution is -2.46. The molecule has 4 heteroatoms. The zero-order valence-electron chi connectivity index (χ0n) is 8.90. The summed E-state index contributed by atoms with van der Waals surface area (Å²) in [5.74, 6) is 1.10. The fraction of sp³-hybridized carbons (Fsp3) is 0.455. The number of piperazine rings is 1. The first-order valence-corrected chi connectivity index (χ1v) is 5.15. The van der Waals surface area contributed by atoms with Gasteiger partial charge in [-0.3, -0.25) is 9.80 Å². The topological polar surface area (TPSA) is 44.4 Å². The number of nitrogens with one attached hydrogen (secondary N) is 1. The Bertz CT molecular complexity index is 357. The van der Waals surface area contributed by atoms with Gasteiger partial charge in [0.15, 0.2) is 0 Å². The normalized spacial score (nSPS) is 17.5. The van der Waals surface area contributed by atoms with Gasteiger partial charge in [0, 0.05) is 19.2 Å². The van der Waals surface area contributed by atoms with Crippen LogP contribution in [0.2, 0.25) is 0 Å². The van der Waals surface area contributed by atoms with Gasteiger partial charge in [-0.1, -0.05) is 0 Å². The maximum absolute atomic E-state index is 8.68. The van der Waals surface area contributed by atoms with Crippen molar-refractivity contribution in [2.75, 3.05) is 38.1 Å². The second-order valence-electron chi connectivity index (χ2n) is 3.86. The monoisotopic (exact) mass is 203 g/mol. The summed E-state index contributed by atoms with van der Waals surface area (Å²) in [7, 11) is 2.14. The third kappa shape index (κ3) is 2.25. The van der Waals surface area contributed by atoms with Crippen LogP contribution in [0.25, 0.3) is 0 Å². The fourth-order valence-electron chi connectivity index (χ4n) is 1.73. The molecule has 0 unspecified atom stereocenters. The molecule has 4 nitrogen and oxygen atoms in total. The molecule has 1 aliphatic rings. The van der Waals surface area contributed by atoms with Crippen molar-refractivity contribution in [3.05, 3.63) is 23.9 Å². The van der Waals surface area contributed by atoms with Crippen LogP contribution in [0.1, 0.15) is 5.56 Å². The van der Waals surface area contributed by atoms with Crippen LogP contribution in [0.5, 0.6) is 0 Å². The lowest BCUT2D eigenvalue weighted by atomic mass is 10.3. The molecule has 2 heterocycles. The Balaban J connectivity index is 2.07. The molecule has 1 saturated heterocycles. The summed E-state index contributed by atoms with van der Waals surface area (Å²) in [5, 5.41) is 8.68. The summed E-state index contributed by atoms with van der Waals surface area (Å²) in [6.07, 6.45) is 1.76. The summed E-state index contributed by atoms with van der Waals surface area (Å²) < 4.78 is 0. The average molecular weight is 203 g/mol. The number of aromatic nitrogens is 1. The van der Waals surface area contributed by atoms with Crippen molar-refractivity contribution in [2.24, 2.45) is 0 Å². The van der Waals surface area contributed by atoms with E-state index in [0.29, 0.717) is 5.56 Å². The molecule has 0 aromatic carbocycles. The van der Waals surface area contributed by atoms with Gasteiger partial charge in [-0.2, -0.15) is 5.26 Å². The number of hydrogen-bond acceptors (Lipinski definition) is 3. The molecule has 78 valence electrons. The van der Waals surface area contributed by atoms with Gasteiger partial charge in [-0.15, -0.1) is 0 Å². The van der Waals surface area contributed by atoms with E-state index in [1.54, 1.807) is 6.20 Å². The molecule has 0 radical (unpaired) electrons. The van der Waals surface area contributed by atoms with Gasteiger partial charge >= 0.3 is 0 Å². The molecule has 2 rings (SSSR count). The molecule has 1 aliphatic heterocycles. The smallest absolute Gasteiger partial charge is 0.274 e. The Morgan fingerprint density at radius 3 is 2.53 bits per heavy atom. The third-order valence-electron chi connectivity index (χ3n) is 2.77. The number of H-pyrrole nitrogens is 1. The first kappa shape index (κ1) is 9.94. The maximum atomic E-state index is 8.68. The largest absolute Gasteiger partial charge is 0.299 e. The van der Waals surface area contributed by atoms with Crippen molar-refractivity contribution in [3.63, 3.8) is 0 Å². The molecule has 0 amide bonds. The molecule has 0 aliphatic carbocycles. The quantitative estimate of drug-likeness (QED) is 0.651. The maximum Gasteiger partial charge on any atom is 0.274 e. The van der Waals surface area contributed by atoms with E-state index >= 15 is 0 Å². The van der Waals surface area contributed by atoms with Crippen molar-refractivity contribution in [1.29, 1.82) is 5.26 Å². The second kappa shape index (κ2) is 4.28. The van der Waals surface area contributed by atoms with Crippen LogP contribution in [-0.2, 0) is 0 Å². The molecule has 0 bridgehead atoms. The molecule has 1 aromatic rings. The first-order chi connectivity index (χ1) is 7.29. The lowest BCUT2D eigenvalue weighted by Gasteiger charge is -2.27. The van der Waals surface area contributed by atoms with Gasteiger partial charge in [-0.25, -0.2) is 4.98 Å². The van der Waals surface area contributed by atoms with Crippen molar-refractivity contribution in [1.82, 2.24) is 4.90 Å². The zero-order valence-corrected chi connectivity index (χ0v) is 8.90. The molecular formula is C11H15N4+. The van der Waals surface area contributed by atoms with Crippen molar-refractivity contribution in [3.8, 4) is 6.07 Å². The van der Waals surface area contributed by atoms with Crippen molar-refractivity contribution >= 4 is 5.82 Å². The number of hydrogen-bond donors (Lipinski definition) is 0. The molecule has 0 spiro atoms. The van der Waals surface area contributed by atoms with E-state index < -0.39 is 0 Å². The van der Waals surface area contributed by atoms with Crippen LogP contribution in [-0.4, -0.2) is 38.1 Å². The zero-order chi connectivity index (χ0) is 10.7. The molecule has 15 heavy (non-hydrogen) atoms. The van der Waals surface area contributed by atoms with E-state index in [-0.39, 0.29) is 0 Å². The summed E-state index contributed by atoms with van der Waals surface area (Å²) >= 11 is 0. The Morgan fingerprint density at radius 1 is 1.27 bits per heavy atom. The predicted molar refractivity (Wildman–Crippen MR) is 57.4 cm³/mol. The highest BCUT2D eigenvalue weighted by molar-refractivity contribution is 5.36. The molecule has 0 atom stereocenters. The van der Waals surface area contributed by atoms with Crippen LogP contribution >= 0.6 is 0 Å². The van der Waals surface area contributed by atoms with Gasteiger partial charge in [0.2, 0.25) is 0 Å². The standard InChI is InChI=1S/C11H14N4/c1-14-4-6-15(7-5-14)11-3-2-10(8-12)9-13-11/h2-3,9H,4-7H2,1H3/p+1. The van der Waals surface area contributed by atoms with E-state index in [4.69, 9.17) is 5.26 Å². The molecule has 1 fully saturated rings. The summed E-state index contributed by atoms with van der Waals surface area (Å²) in [4.78, 5) is 7.78. The average Bonchev–Trinajstić information content (AvgIpc) is 2.30. The molecule has 1 aromatic heterocycles. The van der Waals surface area contributed by atoms with Gasteiger partial charge in [0.1, 0.15) is 12.3 Å². The summed E-state index contributed by atoms with van der Waals surface area (Å²) in [6.45, 7) is 4.26. The van der Waals surface area contributed by atoms with E-state index in [2.05, 4.69) is 27.9 Å². The summed E-state index contributed by atoms with van der Waals surface area (Å²) in [5.41, 5.74) is 0.674. The van der Waals surface area contributed by atoms with E-state index in [1.165, 1.54) is 0 Å². The number of nitrogens with zero attached hydrogens (tertiary/aromatic N) is 3. The van der Waals surface area contributed by atoms with E-state index in [0.717, 1.165) is 32.0 Å².